The molecule has 1 fully saturated rings. The third-order valence-electron chi connectivity index (χ3n) is 12.1. The van der Waals surface area contributed by atoms with Crippen molar-refractivity contribution in [2.75, 3.05) is 25.5 Å². The first-order chi connectivity index (χ1) is 32.0. The fourth-order valence-electron chi connectivity index (χ4n) is 8.42. The molecule has 5 amide bonds. The largest absolute Gasteiger partial charge is 0.497 e. The first-order valence-electron chi connectivity index (χ1n) is 22.8. The highest BCUT2D eigenvalue weighted by Gasteiger charge is 2.45. The maximum atomic E-state index is 14.9. The Hall–Kier alpha value is -6.56. The van der Waals surface area contributed by atoms with Crippen LogP contribution in [-0.4, -0.2) is 117 Å². The quantitative estimate of drug-likeness (QED) is 0.0864. The number of carbonyl (C=O) groups is 6. The minimum Gasteiger partial charge on any atom is -0.497 e. The molecule has 0 aliphatic carbocycles. The van der Waals surface area contributed by atoms with Gasteiger partial charge in [-0.3, -0.25) is 24.1 Å². The number of hydrogen-bond acceptors (Lipinski definition) is 13. The third-order valence-corrected chi connectivity index (χ3v) is 12.9. The molecular formula is C49H59N7O10S. The van der Waals surface area contributed by atoms with Crippen molar-refractivity contribution < 1.29 is 48.1 Å². The summed E-state index contributed by atoms with van der Waals surface area (Å²) >= 11 is 1.44. The lowest BCUT2D eigenvalue weighted by atomic mass is 9.88. The van der Waals surface area contributed by atoms with E-state index in [0.29, 0.717) is 46.6 Å². The van der Waals surface area contributed by atoms with Gasteiger partial charge in [-0.05, 0) is 70.2 Å². The molecule has 2 aromatic heterocycles. The van der Waals surface area contributed by atoms with Crippen molar-refractivity contribution in [3.05, 3.63) is 77.2 Å². The maximum absolute atomic E-state index is 14.9. The van der Waals surface area contributed by atoms with Gasteiger partial charge >= 0.3 is 12.1 Å². The van der Waals surface area contributed by atoms with E-state index in [1.807, 2.05) is 58.2 Å². The van der Waals surface area contributed by atoms with E-state index < -0.39 is 71.4 Å². The van der Waals surface area contributed by atoms with Crippen molar-refractivity contribution >= 4 is 63.1 Å². The Morgan fingerprint density at radius 3 is 2.36 bits per heavy atom. The van der Waals surface area contributed by atoms with E-state index in [-0.39, 0.29) is 49.5 Å². The van der Waals surface area contributed by atoms with Crippen molar-refractivity contribution in [3.63, 3.8) is 0 Å². The average Bonchev–Trinajstić information content (AvgIpc) is 3.99. The van der Waals surface area contributed by atoms with Crippen molar-refractivity contribution in [3.8, 4) is 22.9 Å². The number of thiazole rings is 1. The lowest BCUT2D eigenvalue weighted by Gasteiger charge is -2.34. The number of carbonyl (C=O) groups excluding carboxylic acids is 5. The van der Waals surface area contributed by atoms with Crippen LogP contribution in [0.2, 0.25) is 0 Å². The van der Waals surface area contributed by atoms with Crippen LogP contribution in [0.15, 0.2) is 66.1 Å². The summed E-state index contributed by atoms with van der Waals surface area (Å²) in [5.74, 6) is -2.44. The van der Waals surface area contributed by atoms with Crippen LogP contribution < -0.4 is 25.4 Å². The highest BCUT2D eigenvalue weighted by Crippen LogP contribution is 2.36. The number of anilines is 1. The van der Waals surface area contributed by atoms with Crippen molar-refractivity contribution in [2.45, 2.75) is 122 Å². The molecule has 3 aliphatic heterocycles. The normalized spacial score (nSPS) is 21.7. The Balaban J connectivity index is 1.18. The van der Waals surface area contributed by atoms with Gasteiger partial charge in [-0.25, -0.2) is 19.6 Å². The van der Waals surface area contributed by atoms with Gasteiger partial charge in [0.2, 0.25) is 11.8 Å². The highest BCUT2D eigenvalue weighted by molar-refractivity contribution is 7.14. The standard InChI is InChI=1S/C49H59N7O10S/c1-28(2)50-47-53-38(27-67-47)37-24-40(33-21-20-29(64-6)22-36(33)51-37)65-30-23-39-42(57)52-35(46(61)62)19-13-11-9-7-8-10-12-18-34(45(60)55(39)25-30)54-48(63)66-41(49(3,4)5)26-56-43(58)31-16-14-15-17-32(31)44(56)59/h9,11,14-17,20-22,24,27-28,30,34-35,39,41H,7-8,10,12-13,18-19,23,25-26H2,1-6H3,(H,50,53)(H,52,57)(H,54,63)(H,61,62)/b11-9-/t30-,34+,35+,39+,41?/m1/s1. The van der Waals surface area contributed by atoms with Gasteiger partial charge in [-0.2, -0.15) is 0 Å². The number of aliphatic carboxylic acids is 1. The average molecular weight is 938 g/mol. The van der Waals surface area contributed by atoms with E-state index in [4.69, 9.17) is 24.2 Å². The van der Waals surface area contributed by atoms with Crippen LogP contribution in [-0.2, 0) is 19.1 Å². The summed E-state index contributed by atoms with van der Waals surface area (Å²) in [6, 6.07) is 10.3. The molecule has 7 rings (SSSR count). The number of nitrogens with one attached hydrogen (secondary N) is 3. The highest BCUT2D eigenvalue weighted by atomic mass is 32.1. The number of allylic oxidation sites excluding steroid dienone is 2. The lowest BCUT2D eigenvalue weighted by Crippen LogP contribution is -2.56. The Bertz CT molecular complexity index is 2500. The van der Waals surface area contributed by atoms with Gasteiger partial charge in [0.25, 0.3) is 11.8 Å². The number of hydrogen-bond donors (Lipinski definition) is 4. The molecule has 1 saturated heterocycles. The van der Waals surface area contributed by atoms with E-state index >= 15 is 0 Å². The second-order valence-electron chi connectivity index (χ2n) is 18.5. The summed E-state index contributed by atoms with van der Waals surface area (Å²) in [7, 11) is 1.56. The van der Waals surface area contributed by atoms with Gasteiger partial charge in [-0.1, -0.05) is 57.9 Å². The number of benzene rings is 2. The zero-order valence-electron chi connectivity index (χ0n) is 38.7. The Kier molecular flexibility index (Phi) is 15.1. The molecule has 5 heterocycles. The number of aromatic nitrogens is 2. The number of carboxylic acid groups (broad SMARTS) is 1. The van der Waals surface area contributed by atoms with E-state index in [0.717, 1.165) is 29.3 Å². The summed E-state index contributed by atoms with van der Waals surface area (Å²) < 4.78 is 18.2. The zero-order valence-corrected chi connectivity index (χ0v) is 39.5. The summed E-state index contributed by atoms with van der Waals surface area (Å²) in [6.07, 6.45) is 4.79. The van der Waals surface area contributed by atoms with Crippen LogP contribution >= 0.6 is 11.3 Å². The van der Waals surface area contributed by atoms with E-state index in [9.17, 15) is 33.9 Å². The number of imide groups is 1. The van der Waals surface area contributed by atoms with E-state index in [2.05, 4.69) is 16.0 Å². The van der Waals surface area contributed by atoms with Crippen LogP contribution in [0.4, 0.5) is 9.93 Å². The third kappa shape index (κ3) is 11.5. The molecule has 0 spiro atoms. The monoisotopic (exact) mass is 937 g/mol. The predicted octanol–water partition coefficient (Wildman–Crippen LogP) is 7.21. The molecule has 1 unspecified atom stereocenters. The summed E-state index contributed by atoms with van der Waals surface area (Å²) in [5, 5.41) is 22.2. The molecule has 0 radical (unpaired) electrons. The molecule has 4 aromatic rings. The van der Waals surface area contributed by atoms with Crippen LogP contribution in [0.25, 0.3) is 22.3 Å². The van der Waals surface area contributed by atoms with Crippen molar-refractivity contribution in [1.82, 2.24) is 30.4 Å². The molecule has 17 nitrogen and oxygen atoms in total. The number of fused-ring (bicyclic) bond motifs is 3. The number of rotatable bonds is 11. The number of alkyl carbamates (subject to hydrolysis) is 1. The van der Waals surface area contributed by atoms with Gasteiger partial charge < -0.3 is 40.2 Å². The van der Waals surface area contributed by atoms with E-state index in [1.54, 1.807) is 49.6 Å². The Morgan fingerprint density at radius 1 is 0.940 bits per heavy atom. The molecular weight excluding hydrogens is 879 g/mol. The molecule has 2 aromatic carbocycles. The molecule has 356 valence electrons. The number of pyridine rings is 1. The number of nitrogens with zero attached hydrogens (tertiary/aromatic N) is 4. The minimum atomic E-state index is -1.22. The maximum Gasteiger partial charge on any atom is 0.408 e. The number of ether oxygens (including phenoxy) is 3. The molecule has 18 heteroatoms. The number of amides is 5. The van der Waals surface area contributed by atoms with Gasteiger partial charge in [0.1, 0.15) is 47.5 Å². The lowest BCUT2D eigenvalue weighted by molar-refractivity contribution is -0.144. The summed E-state index contributed by atoms with van der Waals surface area (Å²) in [6.45, 7) is 9.19. The van der Waals surface area contributed by atoms with E-state index in [1.165, 1.54) is 16.2 Å². The van der Waals surface area contributed by atoms with Gasteiger partial charge in [0.05, 0.1) is 42.5 Å². The second-order valence-corrected chi connectivity index (χ2v) is 19.4. The molecule has 4 N–H and O–H groups in total. The fraction of sp³-hybridized carbons (Fsp3) is 0.469. The molecule has 3 aliphatic rings. The van der Waals surface area contributed by atoms with Crippen LogP contribution in [0.3, 0.4) is 0 Å². The summed E-state index contributed by atoms with van der Waals surface area (Å²) in [4.78, 5) is 94.4. The first-order valence-corrected chi connectivity index (χ1v) is 23.7. The molecule has 0 saturated carbocycles. The Morgan fingerprint density at radius 2 is 1.67 bits per heavy atom. The molecule has 5 atom stereocenters. The van der Waals surface area contributed by atoms with Gasteiger partial charge in [0.15, 0.2) is 5.13 Å². The first kappa shape index (κ1) is 48.4. The fourth-order valence-corrected chi connectivity index (χ4v) is 9.28. The smallest absolute Gasteiger partial charge is 0.408 e. The predicted molar refractivity (Wildman–Crippen MR) is 252 cm³/mol. The van der Waals surface area contributed by atoms with Crippen LogP contribution in [0, 0.1) is 5.41 Å². The number of methoxy groups -OCH3 is 1. The topological polar surface area (TPSA) is 219 Å². The van der Waals surface area contributed by atoms with Crippen molar-refractivity contribution in [2.24, 2.45) is 5.41 Å². The van der Waals surface area contributed by atoms with Crippen LogP contribution in [0.1, 0.15) is 107 Å². The molecule has 67 heavy (non-hydrogen) atoms. The number of carboxylic acids is 1. The SMILES string of the molecule is COc1ccc2c(O[C@@H]3C[C@H]4C(=O)N[C@H](C(=O)O)CC/C=C\CCCCC[C@H](NC(=O)OC(CN5C(=O)c6ccccc6C5=O)C(C)(C)C)C(=O)N4C3)cc(-c3csc(NC(C)C)n3)nc2c1. The van der Waals surface area contributed by atoms with Crippen LogP contribution in [0.5, 0.6) is 11.5 Å². The Labute approximate surface area is 393 Å². The van der Waals surface area contributed by atoms with Gasteiger partial charge in [-0.15, -0.1) is 11.3 Å². The zero-order chi connectivity index (χ0) is 48.0. The van der Waals surface area contributed by atoms with Crippen molar-refractivity contribution in [1.29, 1.82) is 0 Å². The minimum absolute atomic E-state index is 0.00181. The molecule has 0 bridgehead atoms. The summed E-state index contributed by atoms with van der Waals surface area (Å²) in [5.41, 5.74) is 1.49. The second kappa shape index (κ2) is 20.9. The van der Waals surface area contributed by atoms with Gasteiger partial charge in [0, 0.05) is 40.8 Å².